The maximum absolute atomic E-state index is 12.8. The van der Waals surface area contributed by atoms with Crippen LogP contribution in [0.2, 0.25) is 0 Å². The standard InChI is InChI=1S/C62H114O6/c1-4-7-10-13-16-18-20-22-24-26-27-28-29-30-31-32-33-34-35-36-38-39-41-43-46-49-52-55-61(64)67-58-59(57-66-60(63)54-51-48-45-15-12-9-6-3)68-62(65)56-53-50-47-44-42-40-37-25-23-21-19-17-14-11-8-5-2/h20,22,26-27,29-30,59H,4-19,21,23-25,28,31-58H2,1-3H3/b22-20-,27-26-,30-29-. The highest BCUT2D eigenvalue weighted by Gasteiger charge is 2.19. The fourth-order valence-corrected chi connectivity index (χ4v) is 8.86. The molecule has 0 radical (unpaired) electrons. The highest BCUT2D eigenvalue weighted by molar-refractivity contribution is 5.71. The van der Waals surface area contributed by atoms with E-state index in [9.17, 15) is 14.4 Å². The highest BCUT2D eigenvalue weighted by atomic mass is 16.6. The van der Waals surface area contributed by atoms with Gasteiger partial charge in [0.2, 0.25) is 0 Å². The van der Waals surface area contributed by atoms with Crippen LogP contribution >= 0.6 is 0 Å². The Morgan fingerprint density at radius 1 is 0.294 bits per heavy atom. The number of allylic oxidation sites excluding steroid dienone is 6. The second-order valence-corrected chi connectivity index (χ2v) is 20.3. The number of carbonyl (C=O) groups is 3. The molecule has 0 spiro atoms. The SMILES string of the molecule is CCCCCCC/C=C\C/C=C\C/C=C\CCCCCCCCCCCCCCC(=O)OCC(COC(=O)CCCCCCCCC)OC(=O)CCCCCCCCCCCCCCCCCC. The van der Waals surface area contributed by atoms with E-state index in [1.165, 1.54) is 212 Å². The van der Waals surface area contributed by atoms with Crippen molar-refractivity contribution < 1.29 is 28.6 Å². The fraction of sp³-hybridized carbons (Fsp3) is 0.855. The van der Waals surface area contributed by atoms with E-state index in [1.807, 2.05) is 0 Å². The van der Waals surface area contributed by atoms with Crippen molar-refractivity contribution in [2.24, 2.45) is 0 Å². The molecular weight excluding hydrogens is 841 g/mol. The Morgan fingerprint density at radius 3 is 0.824 bits per heavy atom. The molecule has 0 aliphatic heterocycles. The third-order valence-corrected chi connectivity index (χ3v) is 13.4. The van der Waals surface area contributed by atoms with Crippen LogP contribution in [-0.4, -0.2) is 37.2 Å². The first kappa shape index (κ1) is 65.6. The number of rotatable bonds is 55. The Hall–Kier alpha value is -2.37. The van der Waals surface area contributed by atoms with Crippen LogP contribution in [0.4, 0.5) is 0 Å². The summed E-state index contributed by atoms with van der Waals surface area (Å²) in [5.74, 6) is -0.859. The minimum Gasteiger partial charge on any atom is -0.462 e. The normalized spacial score (nSPS) is 12.2. The molecule has 68 heavy (non-hydrogen) atoms. The summed E-state index contributed by atoms with van der Waals surface area (Å²) >= 11 is 0. The summed E-state index contributed by atoms with van der Waals surface area (Å²) in [6.45, 7) is 6.63. The van der Waals surface area contributed by atoms with E-state index >= 15 is 0 Å². The summed E-state index contributed by atoms with van der Waals surface area (Å²) in [6, 6.07) is 0. The van der Waals surface area contributed by atoms with Crippen LogP contribution < -0.4 is 0 Å². The van der Waals surface area contributed by atoms with E-state index in [0.29, 0.717) is 19.3 Å². The van der Waals surface area contributed by atoms with Gasteiger partial charge in [0.05, 0.1) is 0 Å². The van der Waals surface area contributed by atoms with Gasteiger partial charge in [0.25, 0.3) is 0 Å². The zero-order valence-electron chi connectivity index (χ0n) is 45.6. The van der Waals surface area contributed by atoms with Crippen LogP contribution in [0.15, 0.2) is 36.5 Å². The minimum absolute atomic E-state index is 0.0682. The third-order valence-electron chi connectivity index (χ3n) is 13.4. The summed E-state index contributed by atoms with van der Waals surface area (Å²) in [6.07, 6.45) is 68.8. The van der Waals surface area contributed by atoms with E-state index in [1.54, 1.807) is 0 Å². The molecule has 0 heterocycles. The van der Waals surface area contributed by atoms with Crippen molar-refractivity contribution in [3.63, 3.8) is 0 Å². The molecule has 0 saturated heterocycles. The molecule has 0 aliphatic rings. The van der Waals surface area contributed by atoms with Gasteiger partial charge in [-0.3, -0.25) is 14.4 Å². The van der Waals surface area contributed by atoms with Crippen LogP contribution in [0.3, 0.4) is 0 Å². The number of ether oxygens (including phenoxy) is 3. The molecule has 0 N–H and O–H groups in total. The van der Waals surface area contributed by atoms with Gasteiger partial charge in [0, 0.05) is 19.3 Å². The van der Waals surface area contributed by atoms with Gasteiger partial charge in [0.15, 0.2) is 6.10 Å². The molecule has 0 bridgehead atoms. The Balaban J connectivity index is 4.09. The lowest BCUT2D eigenvalue weighted by molar-refractivity contribution is -0.167. The molecule has 0 saturated carbocycles. The van der Waals surface area contributed by atoms with Gasteiger partial charge in [-0.2, -0.15) is 0 Å². The quantitative estimate of drug-likeness (QED) is 0.0262. The number of esters is 3. The van der Waals surface area contributed by atoms with Crippen LogP contribution in [0.1, 0.15) is 323 Å². The maximum atomic E-state index is 12.8. The first-order chi connectivity index (χ1) is 33.5. The smallest absolute Gasteiger partial charge is 0.306 e. The Kier molecular flexibility index (Phi) is 55.2. The minimum atomic E-state index is -0.766. The van der Waals surface area contributed by atoms with E-state index in [0.717, 1.165) is 70.6 Å². The molecule has 0 amide bonds. The van der Waals surface area contributed by atoms with Crippen molar-refractivity contribution in [2.45, 2.75) is 329 Å². The van der Waals surface area contributed by atoms with Gasteiger partial charge in [-0.1, -0.05) is 282 Å². The second kappa shape index (κ2) is 57.2. The van der Waals surface area contributed by atoms with E-state index in [2.05, 4.69) is 57.2 Å². The van der Waals surface area contributed by atoms with Crippen LogP contribution in [-0.2, 0) is 28.6 Å². The van der Waals surface area contributed by atoms with Gasteiger partial charge >= 0.3 is 17.9 Å². The van der Waals surface area contributed by atoms with Gasteiger partial charge in [-0.05, 0) is 57.8 Å². The maximum Gasteiger partial charge on any atom is 0.306 e. The summed E-state index contributed by atoms with van der Waals surface area (Å²) in [5.41, 5.74) is 0. The van der Waals surface area contributed by atoms with E-state index in [4.69, 9.17) is 14.2 Å². The molecule has 0 fully saturated rings. The van der Waals surface area contributed by atoms with Crippen LogP contribution in [0.25, 0.3) is 0 Å². The number of hydrogen-bond acceptors (Lipinski definition) is 6. The lowest BCUT2D eigenvalue weighted by Gasteiger charge is -2.18. The van der Waals surface area contributed by atoms with Gasteiger partial charge in [-0.15, -0.1) is 0 Å². The molecule has 6 heteroatoms. The van der Waals surface area contributed by atoms with Crippen molar-refractivity contribution in [1.82, 2.24) is 0 Å². The molecule has 6 nitrogen and oxygen atoms in total. The summed E-state index contributed by atoms with van der Waals surface area (Å²) in [4.78, 5) is 38.0. The number of hydrogen-bond donors (Lipinski definition) is 0. The first-order valence-electron chi connectivity index (χ1n) is 30.0. The Labute approximate surface area is 423 Å². The zero-order valence-corrected chi connectivity index (χ0v) is 45.6. The first-order valence-corrected chi connectivity index (χ1v) is 30.0. The van der Waals surface area contributed by atoms with Gasteiger partial charge in [0.1, 0.15) is 13.2 Å². The number of carbonyl (C=O) groups excluding carboxylic acids is 3. The molecule has 0 aromatic heterocycles. The molecule has 0 aliphatic carbocycles. The fourth-order valence-electron chi connectivity index (χ4n) is 8.86. The predicted octanol–water partition coefficient (Wildman–Crippen LogP) is 20.0. The summed E-state index contributed by atoms with van der Waals surface area (Å²) < 4.78 is 16.8. The van der Waals surface area contributed by atoms with Crippen molar-refractivity contribution >= 4 is 17.9 Å². The van der Waals surface area contributed by atoms with E-state index < -0.39 is 6.10 Å². The average molecular weight is 956 g/mol. The molecule has 1 atom stereocenters. The molecule has 1 unspecified atom stereocenters. The largest absolute Gasteiger partial charge is 0.462 e. The monoisotopic (exact) mass is 955 g/mol. The van der Waals surface area contributed by atoms with Gasteiger partial charge in [-0.25, -0.2) is 0 Å². The summed E-state index contributed by atoms with van der Waals surface area (Å²) in [7, 11) is 0. The molecular formula is C62H114O6. The molecule has 0 rings (SSSR count). The molecule has 398 valence electrons. The van der Waals surface area contributed by atoms with Crippen LogP contribution in [0.5, 0.6) is 0 Å². The lowest BCUT2D eigenvalue weighted by Crippen LogP contribution is -2.30. The number of unbranched alkanes of at least 4 members (excludes halogenated alkanes) is 38. The Bertz CT molecular complexity index is 1140. The third kappa shape index (κ3) is 54.6. The topological polar surface area (TPSA) is 78.9 Å². The average Bonchev–Trinajstić information content (AvgIpc) is 3.34. The van der Waals surface area contributed by atoms with Crippen molar-refractivity contribution in [3.05, 3.63) is 36.5 Å². The Morgan fingerprint density at radius 2 is 0.529 bits per heavy atom. The second-order valence-electron chi connectivity index (χ2n) is 20.3. The van der Waals surface area contributed by atoms with Crippen molar-refractivity contribution in [3.8, 4) is 0 Å². The predicted molar refractivity (Wildman–Crippen MR) is 293 cm³/mol. The highest BCUT2D eigenvalue weighted by Crippen LogP contribution is 2.17. The van der Waals surface area contributed by atoms with Crippen molar-refractivity contribution in [1.29, 1.82) is 0 Å². The molecule has 0 aromatic rings. The van der Waals surface area contributed by atoms with Gasteiger partial charge < -0.3 is 14.2 Å². The lowest BCUT2D eigenvalue weighted by atomic mass is 10.0. The van der Waals surface area contributed by atoms with Crippen molar-refractivity contribution in [2.75, 3.05) is 13.2 Å². The zero-order chi connectivity index (χ0) is 49.3. The van der Waals surface area contributed by atoms with Crippen LogP contribution in [0, 0.1) is 0 Å². The van der Waals surface area contributed by atoms with E-state index in [-0.39, 0.29) is 31.1 Å². The summed E-state index contributed by atoms with van der Waals surface area (Å²) in [5, 5.41) is 0. The molecule has 0 aromatic carbocycles.